The minimum atomic E-state index is -0.366. The molecule has 2 amide bonds. The van der Waals surface area contributed by atoms with Gasteiger partial charge in [0.15, 0.2) is 0 Å². The molecule has 1 aliphatic heterocycles. The van der Waals surface area contributed by atoms with Crippen LogP contribution in [0.1, 0.15) is 18.0 Å². The van der Waals surface area contributed by atoms with Gasteiger partial charge >= 0.3 is 0 Å². The van der Waals surface area contributed by atoms with E-state index in [4.69, 9.17) is 4.74 Å². The number of likely N-dealkylation sites (N-methyl/N-ethyl adjacent to an activating group) is 1. The third-order valence-corrected chi connectivity index (χ3v) is 5.90. The van der Waals surface area contributed by atoms with E-state index >= 15 is 0 Å². The number of halogens is 1. The summed E-state index contributed by atoms with van der Waals surface area (Å²) in [6, 6.07) is 15.3. The van der Waals surface area contributed by atoms with E-state index in [-0.39, 0.29) is 30.2 Å². The Labute approximate surface area is 180 Å². The maximum atomic E-state index is 12.8. The first-order valence-electron chi connectivity index (χ1n) is 9.54. The van der Waals surface area contributed by atoms with Crippen LogP contribution >= 0.6 is 15.9 Å². The van der Waals surface area contributed by atoms with Gasteiger partial charge in [-0.1, -0.05) is 30.3 Å². The van der Waals surface area contributed by atoms with Crippen LogP contribution in [0.5, 0.6) is 5.75 Å². The predicted octanol–water partition coefficient (Wildman–Crippen LogP) is 3.23. The van der Waals surface area contributed by atoms with E-state index < -0.39 is 0 Å². The lowest BCUT2D eigenvalue weighted by atomic mass is 10.0. The van der Waals surface area contributed by atoms with Crippen LogP contribution in [-0.2, 0) is 9.59 Å². The van der Waals surface area contributed by atoms with Gasteiger partial charge in [-0.15, -0.1) is 0 Å². The molecule has 3 rings (SSSR count). The van der Waals surface area contributed by atoms with Gasteiger partial charge in [-0.05, 0) is 48.2 Å². The highest BCUT2D eigenvalue weighted by atomic mass is 79.9. The van der Waals surface area contributed by atoms with Crippen molar-refractivity contribution in [2.75, 3.05) is 39.2 Å². The van der Waals surface area contributed by atoms with E-state index in [1.54, 1.807) is 12.0 Å². The summed E-state index contributed by atoms with van der Waals surface area (Å²) >= 11 is 3.48. The van der Waals surface area contributed by atoms with Gasteiger partial charge < -0.3 is 19.9 Å². The molecule has 0 saturated carbocycles. The Kier molecular flexibility index (Phi) is 6.92. The summed E-state index contributed by atoms with van der Waals surface area (Å²) in [5.41, 5.74) is 1.81. The first kappa shape index (κ1) is 21.3. The van der Waals surface area contributed by atoms with Crippen molar-refractivity contribution >= 4 is 33.4 Å². The molecule has 0 bridgehead atoms. The molecular weight excluding hydrogens is 434 g/mol. The van der Waals surface area contributed by atoms with Gasteiger partial charge in [0.2, 0.25) is 11.8 Å². The van der Waals surface area contributed by atoms with Gasteiger partial charge in [0.25, 0.3) is 0 Å². The summed E-state index contributed by atoms with van der Waals surface area (Å²) in [5, 5.41) is 3.04. The second kappa shape index (κ2) is 9.41. The molecule has 7 heteroatoms. The second-order valence-electron chi connectivity index (χ2n) is 7.32. The number of nitrogens with one attached hydrogen (secondary N) is 1. The van der Waals surface area contributed by atoms with E-state index in [2.05, 4.69) is 21.2 Å². The van der Waals surface area contributed by atoms with Gasteiger partial charge in [-0.25, -0.2) is 0 Å². The van der Waals surface area contributed by atoms with Crippen molar-refractivity contribution in [1.82, 2.24) is 10.2 Å². The quantitative estimate of drug-likeness (QED) is 0.690. The third-order valence-electron chi connectivity index (χ3n) is 5.23. The number of carbonyl (C=O) groups is 2. The molecule has 6 nitrogen and oxygen atoms in total. The van der Waals surface area contributed by atoms with Gasteiger partial charge in [0.05, 0.1) is 24.8 Å². The van der Waals surface area contributed by atoms with Crippen LogP contribution in [0.4, 0.5) is 5.69 Å². The summed E-state index contributed by atoms with van der Waals surface area (Å²) in [4.78, 5) is 29.0. The molecule has 1 aliphatic rings. The first-order chi connectivity index (χ1) is 13.9. The van der Waals surface area contributed by atoms with Crippen LogP contribution in [0.15, 0.2) is 53.0 Å². The minimum Gasteiger partial charge on any atom is -0.496 e. The lowest BCUT2D eigenvalue weighted by Gasteiger charge is -2.27. The molecule has 2 atom stereocenters. The average Bonchev–Trinajstić information content (AvgIpc) is 3.10. The molecule has 154 valence electrons. The van der Waals surface area contributed by atoms with Crippen LogP contribution in [0.2, 0.25) is 0 Å². The number of benzene rings is 2. The maximum Gasteiger partial charge on any atom is 0.227 e. The SMILES string of the molecule is COc1ccccc1C(CNC(=O)C1CC(=O)N(c2ccccc2Br)C1)N(C)C. The molecule has 2 unspecified atom stereocenters. The van der Waals surface area contributed by atoms with Gasteiger partial charge in [-0.2, -0.15) is 0 Å². The number of nitrogens with zero attached hydrogens (tertiary/aromatic N) is 2. The third kappa shape index (κ3) is 4.79. The Morgan fingerprint density at radius 1 is 1.24 bits per heavy atom. The van der Waals surface area contributed by atoms with Gasteiger partial charge in [0, 0.05) is 29.5 Å². The molecule has 1 saturated heterocycles. The van der Waals surface area contributed by atoms with Crippen LogP contribution in [0, 0.1) is 5.92 Å². The molecule has 1 N–H and O–H groups in total. The Morgan fingerprint density at radius 3 is 2.62 bits per heavy atom. The molecule has 0 spiro atoms. The molecule has 1 heterocycles. The number of anilines is 1. The smallest absolute Gasteiger partial charge is 0.227 e. The van der Waals surface area contributed by atoms with E-state index in [0.717, 1.165) is 21.5 Å². The van der Waals surface area contributed by atoms with E-state index in [1.807, 2.05) is 67.5 Å². The average molecular weight is 460 g/mol. The predicted molar refractivity (Wildman–Crippen MR) is 117 cm³/mol. The molecule has 0 radical (unpaired) electrons. The molecule has 29 heavy (non-hydrogen) atoms. The highest BCUT2D eigenvalue weighted by molar-refractivity contribution is 9.10. The van der Waals surface area contributed by atoms with Crippen molar-refractivity contribution in [3.05, 3.63) is 58.6 Å². The lowest BCUT2D eigenvalue weighted by molar-refractivity contribution is -0.126. The summed E-state index contributed by atoms with van der Waals surface area (Å²) in [5.74, 6) is 0.285. The zero-order valence-corrected chi connectivity index (χ0v) is 18.5. The van der Waals surface area contributed by atoms with E-state index in [1.165, 1.54) is 0 Å². The van der Waals surface area contributed by atoms with Crippen molar-refractivity contribution < 1.29 is 14.3 Å². The molecular formula is C22H26BrN3O3. The van der Waals surface area contributed by atoms with Crippen molar-refractivity contribution in [1.29, 1.82) is 0 Å². The minimum absolute atomic E-state index is 0.0356. The topological polar surface area (TPSA) is 61.9 Å². The number of ether oxygens (including phenoxy) is 1. The largest absolute Gasteiger partial charge is 0.496 e. The lowest BCUT2D eigenvalue weighted by Crippen LogP contribution is -2.38. The van der Waals surface area contributed by atoms with E-state index in [9.17, 15) is 9.59 Å². The fraction of sp³-hybridized carbons (Fsp3) is 0.364. The summed E-state index contributed by atoms with van der Waals surface area (Å²) in [6.45, 7) is 0.820. The Morgan fingerprint density at radius 2 is 1.93 bits per heavy atom. The van der Waals surface area contributed by atoms with Crippen molar-refractivity contribution in [3.63, 3.8) is 0 Å². The zero-order valence-electron chi connectivity index (χ0n) is 16.9. The standard InChI is InChI=1S/C22H26BrN3O3/c1-25(2)19(16-8-4-7-11-20(16)29-3)13-24-22(28)15-12-21(27)26(14-15)18-10-6-5-9-17(18)23/h4-11,15,19H,12-14H2,1-3H3,(H,24,28). The number of amides is 2. The Hall–Kier alpha value is -2.38. The number of hydrogen-bond acceptors (Lipinski definition) is 4. The molecule has 2 aromatic carbocycles. The summed E-state index contributed by atoms with van der Waals surface area (Å²) < 4.78 is 6.32. The Balaban J connectivity index is 1.67. The number of carbonyl (C=O) groups excluding carboxylic acids is 2. The number of methoxy groups -OCH3 is 1. The maximum absolute atomic E-state index is 12.8. The summed E-state index contributed by atoms with van der Waals surface area (Å²) in [6.07, 6.45) is 0.217. The van der Waals surface area contributed by atoms with Crippen LogP contribution in [-0.4, -0.2) is 51.0 Å². The highest BCUT2D eigenvalue weighted by Crippen LogP contribution is 2.32. The fourth-order valence-electron chi connectivity index (χ4n) is 3.64. The number of hydrogen-bond donors (Lipinski definition) is 1. The normalized spacial score (nSPS) is 17.5. The van der Waals surface area contributed by atoms with Crippen molar-refractivity contribution in [2.24, 2.45) is 5.92 Å². The molecule has 2 aromatic rings. The van der Waals surface area contributed by atoms with Crippen LogP contribution in [0.3, 0.4) is 0 Å². The van der Waals surface area contributed by atoms with Crippen LogP contribution < -0.4 is 15.0 Å². The van der Waals surface area contributed by atoms with Gasteiger partial charge in [-0.3, -0.25) is 9.59 Å². The zero-order chi connectivity index (χ0) is 21.0. The monoisotopic (exact) mass is 459 g/mol. The Bertz CT molecular complexity index is 887. The van der Waals surface area contributed by atoms with Crippen molar-refractivity contribution in [3.8, 4) is 5.75 Å². The first-order valence-corrected chi connectivity index (χ1v) is 10.3. The second-order valence-corrected chi connectivity index (χ2v) is 8.18. The molecule has 0 aromatic heterocycles. The van der Waals surface area contributed by atoms with E-state index in [0.29, 0.717) is 13.1 Å². The number of para-hydroxylation sites is 2. The van der Waals surface area contributed by atoms with Crippen LogP contribution in [0.25, 0.3) is 0 Å². The molecule has 1 fully saturated rings. The van der Waals surface area contributed by atoms with Gasteiger partial charge in [0.1, 0.15) is 5.75 Å². The fourth-order valence-corrected chi connectivity index (χ4v) is 4.14. The highest BCUT2D eigenvalue weighted by Gasteiger charge is 2.36. The number of rotatable bonds is 7. The molecule has 0 aliphatic carbocycles. The summed E-state index contributed by atoms with van der Waals surface area (Å²) in [7, 11) is 5.58. The van der Waals surface area contributed by atoms with Crippen molar-refractivity contribution in [2.45, 2.75) is 12.5 Å².